The highest BCUT2D eigenvalue weighted by molar-refractivity contribution is 8.01. The van der Waals surface area contributed by atoms with Gasteiger partial charge in [0, 0.05) is 14.1 Å². The topological polar surface area (TPSA) is 121 Å². The number of amides is 2. The van der Waals surface area contributed by atoms with Gasteiger partial charge in [0.2, 0.25) is 27.0 Å². The highest BCUT2D eigenvalue weighted by Crippen LogP contribution is 2.25. The summed E-state index contributed by atoms with van der Waals surface area (Å²) in [5.41, 5.74) is 0. The van der Waals surface area contributed by atoms with Crippen molar-refractivity contribution >= 4 is 50.1 Å². The van der Waals surface area contributed by atoms with E-state index in [0.717, 1.165) is 21.9 Å². The first-order valence-electron chi connectivity index (χ1n) is 5.60. The predicted molar refractivity (Wildman–Crippen MR) is 80.8 cm³/mol. The van der Waals surface area contributed by atoms with Gasteiger partial charge in [-0.1, -0.05) is 23.1 Å². The Morgan fingerprint density at radius 2 is 2.00 bits per heavy atom. The average Bonchev–Trinajstić information content (AvgIpc) is 2.82. The summed E-state index contributed by atoms with van der Waals surface area (Å²) in [5, 5.41) is 12.7. The molecule has 0 radical (unpaired) electrons. The van der Waals surface area contributed by atoms with Gasteiger partial charge in [0.15, 0.2) is 4.34 Å². The predicted octanol–water partition coefficient (Wildman–Crippen LogP) is -0.794. The second-order valence-electron chi connectivity index (χ2n) is 3.90. The van der Waals surface area contributed by atoms with Gasteiger partial charge in [0.25, 0.3) is 0 Å². The fourth-order valence-corrected chi connectivity index (χ4v) is 2.99. The van der Waals surface area contributed by atoms with Crippen molar-refractivity contribution in [3.05, 3.63) is 0 Å². The normalized spacial score (nSPS) is 11.4. The number of rotatable bonds is 7. The zero-order chi connectivity index (χ0) is 16.0. The summed E-state index contributed by atoms with van der Waals surface area (Å²) in [5.74, 6) is -0.451. The van der Waals surface area contributed by atoms with Crippen molar-refractivity contribution in [2.24, 2.45) is 0 Å². The molecule has 1 aromatic heterocycles. The summed E-state index contributed by atoms with van der Waals surface area (Å²) in [7, 11) is -0.575. The Balaban J connectivity index is 2.51. The molecule has 9 nitrogen and oxygen atoms in total. The smallest absolute Gasteiger partial charge is 0.241 e. The molecule has 12 heteroatoms. The first-order valence-corrected chi connectivity index (χ1v) is 9.25. The van der Waals surface area contributed by atoms with Crippen molar-refractivity contribution in [2.75, 3.05) is 38.0 Å². The van der Waals surface area contributed by atoms with Gasteiger partial charge >= 0.3 is 0 Å². The van der Waals surface area contributed by atoms with Gasteiger partial charge < -0.3 is 5.32 Å². The molecule has 0 spiro atoms. The van der Waals surface area contributed by atoms with E-state index in [1.54, 1.807) is 0 Å². The summed E-state index contributed by atoms with van der Waals surface area (Å²) in [6.45, 7) is -0.306. The molecule has 0 aliphatic heterocycles. The maximum absolute atomic E-state index is 11.6. The van der Waals surface area contributed by atoms with Gasteiger partial charge in [-0.15, -0.1) is 10.2 Å². The molecule has 1 heterocycles. The molecule has 0 aliphatic carbocycles. The number of aromatic nitrogens is 2. The minimum Gasteiger partial charge on any atom is -0.358 e. The van der Waals surface area contributed by atoms with Gasteiger partial charge in [-0.3, -0.25) is 14.9 Å². The standard InChI is InChI=1S/C9H15N5O4S3/c1-10-7(16)5-19-9-13-12-8(20-9)11-6(15)4-14(2)21(3,17)18/h4-5H2,1-3H3,(H,10,16)(H,11,12,15). The number of likely N-dealkylation sites (N-methyl/N-ethyl adjacent to an activating group) is 1. The van der Waals surface area contributed by atoms with Crippen molar-refractivity contribution in [2.45, 2.75) is 4.34 Å². The molecular weight excluding hydrogens is 338 g/mol. The van der Waals surface area contributed by atoms with Gasteiger partial charge in [-0.2, -0.15) is 4.31 Å². The fourth-order valence-electron chi connectivity index (χ4n) is 0.996. The molecular formula is C9H15N5O4S3. The molecule has 0 aromatic carbocycles. The molecule has 0 bridgehead atoms. The number of hydrogen-bond donors (Lipinski definition) is 2. The van der Waals surface area contributed by atoms with E-state index >= 15 is 0 Å². The van der Waals surface area contributed by atoms with E-state index in [-0.39, 0.29) is 23.3 Å². The molecule has 0 aliphatic rings. The van der Waals surface area contributed by atoms with E-state index in [1.807, 2.05) is 0 Å². The van der Waals surface area contributed by atoms with Crippen molar-refractivity contribution < 1.29 is 18.0 Å². The summed E-state index contributed by atoms with van der Waals surface area (Å²) >= 11 is 2.30. The van der Waals surface area contributed by atoms with Crippen molar-refractivity contribution in [3.63, 3.8) is 0 Å². The van der Waals surface area contributed by atoms with Crippen LogP contribution in [0.3, 0.4) is 0 Å². The molecule has 1 aromatic rings. The average molecular weight is 353 g/mol. The summed E-state index contributed by atoms with van der Waals surface area (Å²) in [6, 6.07) is 0. The Bertz CT molecular complexity index is 615. The zero-order valence-electron chi connectivity index (χ0n) is 11.6. The number of nitrogens with zero attached hydrogens (tertiary/aromatic N) is 3. The van der Waals surface area contributed by atoms with E-state index in [0.29, 0.717) is 4.34 Å². The van der Waals surface area contributed by atoms with Crippen LogP contribution < -0.4 is 10.6 Å². The second-order valence-corrected chi connectivity index (χ2v) is 8.19. The number of carbonyl (C=O) groups is 2. The summed E-state index contributed by atoms with van der Waals surface area (Å²) in [4.78, 5) is 22.7. The quantitative estimate of drug-likeness (QED) is 0.486. The molecule has 0 fully saturated rings. The molecule has 0 unspecified atom stereocenters. The fraction of sp³-hybridized carbons (Fsp3) is 0.556. The molecule has 2 N–H and O–H groups in total. The molecule has 21 heavy (non-hydrogen) atoms. The van der Waals surface area contributed by atoms with Gasteiger partial charge in [-0.05, 0) is 0 Å². The van der Waals surface area contributed by atoms with Crippen LogP contribution in [0.25, 0.3) is 0 Å². The second kappa shape index (κ2) is 7.68. The van der Waals surface area contributed by atoms with Crippen LogP contribution in [-0.2, 0) is 19.6 Å². The third-order valence-electron chi connectivity index (χ3n) is 2.19. The SMILES string of the molecule is CNC(=O)CSc1nnc(NC(=O)CN(C)S(C)(=O)=O)s1. The van der Waals surface area contributed by atoms with Crippen molar-refractivity contribution in [3.8, 4) is 0 Å². The highest BCUT2D eigenvalue weighted by Gasteiger charge is 2.16. The largest absolute Gasteiger partial charge is 0.358 e. The summed E-state index contributed by atoms with van der Waals surface area (Å²) < 4.78 is 23.8. The van der Waals surface area contributed by atoms with Crippen LogP contribution in [0.2, 0.25) is 0 Å². The lowest BCUT2D eigenvalue weighted by Crippen LogP contribution is -2.34. The Morgan fingerprint density at radius 1 is 1.33 bits per heavy atom. The van der Waals surface area contributed by atoms with E-state index in [1.165, 1.54) is 25.9 Å². The Hall–Kier alpha value is -1.24. The van der Waals surface area contributed by atoms with E-state index < -0.39 is 15.9 Å². The number of carbonyl (C=O) groups excluding carboxylic acids is 2. The molecule has 118 valence electrons. The molecule has 0 saturated heterocycles. The Morgan fingerprint density at radius 3 is 2.57 bits per heavy atom. The zero-order valence-corrected chi connectivity index (χ0v) is 14.1. The van der Waals surface area contributed by atoms with Crippen molar-refractivity contribution in [1.82, 2.24) is 19.8 Å². The maximum atomic E-state index is 11.6. The molecule has 0 atom stereocenters. The lowest BCUT2D eigenvalue weighted by Gasteiger charge is -2.12. The van der Waals surface area contributed by atoms with Crippen LogP contribution in [0.5, 0.6) is 0 Å². The first-order chi connectivity index (χ1) is 9.72. The molecule has 2 amide bonds. The van der Waals surface area contributed by atoms with Crippen LogP contribution in [0.4, 0.5) is 5.13 Å². The Labute approximate surface area is 130 Å². The maximum Gasteiger partial charge on any atom is 0.241 e. The Kier molecular flexibility index (Phi) is 6.51. The third kappa shape index (κ3) is 6.37. The molecule has 1 rings (SSSR count). The monoisotopic (exact) mass is 353 g/mol. The first kappa shape index (κ1) is 17.8. The van der Waals surface area contributed by atoms with Crippen LogP contribution >= 0.6 is 23.1 Å². The van der Waals surface area contributed by atoms with Crippen LogP contribution in [0.15, 0.2) is 4.34 Å². The lowest BCUT2D eigenvalue weighted by molar-refractivity contribution is -0.118. The number of sulfonamides is 1. The minimum atomic E-state index is -3.41. The van der Waals surface area contributed by atoms with Crippen molar-refractivity contribution in [1.29, 1.82) is 0 Å². The number of anilines is 1. The molecule has 0 saturated carbocycles. The minimum absolute atomic E-state index is 0.143. The van der Waals surface area contributed by atoms with Gasteiger partial charge in [-0.25, -0.2) is 8.42 Å². The highest BCUT2D eigenvalue weighted by atomic mass is 32.2. The van der Waals surface area contributed by atoms with Crippen LogP contribution in [0, 0.1) is 0 Å². The van der Waals surface area contributed by atoms with Gasteiger partial charge in [0.1, 0.15) is 0 Å². The van der Waals surface area contributed by atoms with Gasteiger partial charge in [0.05, 0.1) is 18.6 Å². The number of thioether (sulfide) groups is 1. The lowest BCUT2D eigenvalue weighted by atomic mass is 10.6. The van der Waals surface area contributed by atoms with E-state index in [9.17, 15) is 18.0 Å². The number of hydrogen-bond acceptors (Lipinski definition) is 8. The van der Waals surface area contributed by atoms with E-state index in [2.05, 4.69) is 20.8 Å². The summed E-state index contributed by atoms with van der Waals surface area (Å²) in [6.07, 6.45) is 1.01. The van der Waals surface area contributed by atoms with Crippen LogP contribution in [-0.4, -0.2) is 67.4 Å². The number of nitrogens with one attached hydrogen (secondary N) is 2. The third-order valence-corrected chi connectivity index (χ3v) is 5.42. The van der Waals surface area contributed by atoms with E-state index in [4.69, 9.17) is 0 Å². The van der Waals surface area contributed by atoms with Crippen LogP contribution in [0.1, 0.15) is 0 Å².